The summed E-state index contributed by atoms with van der Waals surface area (Å²) in [5.41, 5.74) is -3.06. The number of hydrogen-bond acceptors (Lipinski definition) is 5. The van der Waals surface area contributed by atoms with Gasteiger partial charge in [0, 0.05) is 49.8 Å². The van der Waals surface area contributed by atoms with Gasteiger partial charge in [-0.05, 0) is 75.0 Å². The van der Waals surface area contributed by atoms with Crippen LogP contribution < -0.4 is 5.73 Å². The molecule has 2 atom stereocenters. The predicted molar refractivity (Wildman–Crippen MR) is 167 cm³/mol. The quantitative estimate of drug-likeness (QED) is 0.191. The van der Waals surface area contributed by atoms with E-state index in [2.05, 4.69) is 9.88 Å². The van der Waals surface area contributed by atoms with Crippen LogP contribution in [0.25, 0.3) is 10.9 Å². The van der Waals surface area contributed by atoms with Gasteiger partial charge in [0.2, 0.25) is 0 Å². The maximum Gasteiger partial charge on any atom is 0.417 e. The summed E-state index contributed by atoms with van der Waals surface area (Å²) in [6.07, 6.45) is -11.7. The van der Waals surface area contributed by atoms with Crippen LogP contribution in [-0.4, -0.2) is 76.2 Å². The first-order chi connectivity index (χ1) is 23.3. The lowest BCUT2D eigenvalue weighted by Crippen LogP contribution is -2.69. The van der Waals surface area contributed by atoms with Crippen molar-refractivity contribution >= 4 is 22.6 Å². The molecule has 274 valence electrons. The van der Waals surface area contributed by atoms with Crippen molar-refractivity contribution in [3.8, 4) is 0 Å². The molecule has 0 spiro atoms. The number of halogens is 9. The van der Waals surface area contributed by atoms with Crippen molar-refractivity contribution in [2.45, 2.75) is 81.7 Å². The number of likely N-dealkylation sites (N-methyl/N-ethyl adjacent to an activating group) is 1. The number of carbonyl (C=O) groups excluding carboxylic acids is 2. The number of likely N-dealkylation sites (tertiary alicyclic amines) is 2. The van der Waals surface area contributed by atoms with Crippen LogP contribution in [0, 0.1) is 0 Å². The number of benzene rings is 2. The standard InChI is InChI=1S/C34H38F9N5O2/c1-20(49)31(29(44)24-18-45-27-9-5-4-8-23(24)27,48-14-10-22(11-15-48)47-12-6-3-7-13-47)30(50)46(2)19-21-16-25(32(35,36)37)28(34(41,42)43)26(17-21)33(38,39)40/h4-5,8-9,16-18,22,29,45H,3,6-7,10-15,19,44H2,1-2H3. The van der Waals surface area contributed by atoms with Gasteiger partial charge < -0.3 is 20.5 Å². The molecular formula is C34H38F9N5O2. The van der Waals surface area contributed by atoms with Crippen LogP contribution in [0.4, 0.5) is 39.5 Å². The number of alkyl halides is 9. The second-order valence-electron chi connectivity index (χ2n) is 13.1. The first kappa shape index (κ1) is 37.6. The Labute approximate surface area is 282 Å². The molecule has 16 heteroatoms. The number of H-pyrrole nitrogens is 1. The monoisotopic (exact) mass is 719 g/mol. The summed E-state index contributed by atoms with van der Waals surface area (Å²) in [6.45, 7) is 2.44. The van der Waals surface area contributed by atoms with E-state index in [1.54, 1.807) is 35.4 Å². The molecule has 3 N–H and O–H groups in total. The number of para-hydroxylation sites is 1. The molecule has 2 aliphatic heterocycles. The number of amides is 1. The molecule has 0 radical (unpaired) electrons. The van der Waals surface area contributed by atoms with Gasteiger partial charge >= 0.3 is 18.5 Å². The third-order valence-electron chi connectivity index (χ3n) is 10.00. The van der Waals surface area contributed by atoms with Gasteiger partial charge in [0.15, 0.2) is 11.3 Å². The maximum atomic E-state index is 14.7. The zero-order valence-electron chi connectivity index (χ0n) is 27.4. The highest BCUT2D eigenvalue weighted by molar-refractivity contribution is 6.11. The summed E-state index contributed by atoms with van der Waals surface area (Å²) in [5, 5.41) is 0.594. The first-order valence-electron chi connectivity index (χ1n) is 16.2. The van der Waals surface area contributed by atoms with E-state index in [4.69, 9.17) is 5.73 Å². The normalized spacial score (nSPS) is 19.4. The second kappa shape index (κ2) is 13.8. The largest absolute Gasteiger partial charge is 0.417 e. The summed E-state index contributed by atoms with van der Waals surface area (Å²) in [7, 11) is 1.07. The third-order valence-corrected chi connectivity index (χ3v) is 10.00. The van der Waals surface area contributed by atoms with Crippen LogP contribution in [0.2, 0.25) is 0 Å². The Morgan fingerprint density at radius 3 is 1.96 bits per heavy atom. The van der Waals surface area contributed by atoms with Gasteiger partial charge in [-0.15, -0.1) is 0 Å². The van der Waals surface area contributed by atoms with Gasteiger partial charge in [0.05, 0.1) is 22.7 Å². The number of aromatic nitrogens is 1. The molecule has 1 amide bonds. The minimum absolute atomic E-state index is 0.0407. The fourth-order valence-electron chi connectivity index (χ4n) is 7.68. The Kier molecular flexibility index (Phi) is 10.4. The van der Waals surface area contributed by atoms with Gasteiger partial charge in [-0.3, -0.25) is 14.5 Å². The Hall–Kier alpha value is -3.63. The van der Waals surface area contributed by atoms with Crippen molar-refractivity contribution in [2.75, 3.05) is 33.2 Å². The number of carbonyl (C=O) groups is 2. The molecule has 0 bridgehead atoms. The Balaban J connectivity index is 1.58. The van der Waals surface area contributed by atoms with Crippen molar-refractivity contribution in [1.82, 2.24) is 19.7 Å². The molecular weight excluding hydrogens is 681 g/mol. The van der Waals surface area contributed by atoms with Crippen molar-refractivity contribution in [1.29, 1.82) is 0 Å². The van der Waals surface area contributed by atoms with E-state index in [1.807, 2.05) is 0 Å². The van der Waals surface area contributed by atoms with Crippen molar-refractivity contribution in [3.05, 3.63) is 70.4 Å². The number of nitrogens with two attached hydrogens (primary N) is 1. The number of ketones is 1. The zero-order chi connectivity index (χ0) is 36.8. The molecule has 0 saturated carbocycles. The molecule has 0 aliphatic carbocycles. The molecule has 2 unspecified atom stereocenters. The minimum atomic E-state index is -5.99. The number of Topliss-reactive ketones (excluding diaryl/α,β-unsaturated/α-hetero) is 1. The lowest BCUT2D eigenvalue weighted by molar-refractivity contribution is -0.174. The highest BCUT2D eigenvalue weighted by Crippen LogP contribution is 2.47. The van der Waals surface area contributed by atoms with E-state index in [0.29, 0.717) is 29.3 Å². The number of fused-ring (bicyclic) bond motifs is 1. The topological polar surface area (TPSA) is 85.7 Å². The average molecular weight is 720 g/mol. The highest BCUT2D eigenvalue weighted by atomic mass is 19.4. The minimum Gasteiger partial charge on any atom is -0.361 e. The van der Waals surface area contributed by atoms with E-state index in [9.17, 15) is 49.1 Å². The smallest absolute Gasteiger partial charge is 0.361 e. The third kappa shape index (κ3) is 7.11. The van der Waals surface area contributed by atoms with Gasteiger partial charge in [-0.25, -0.2) is 0 Å². The van der Waals surface area contributed by atoms with Crippen molar-refractivity contribution < 1.29 is 49.1 Å². The van der Waals surface area contributed by atoms with Crippen LogP contribution in [-0.2, 0) is 34.7 Å². The highest BCUT2D eigenvalue weighted by Gasteiger charge is 2.56. The predicted octanol–water partition coefficient (Wildman–Crippen LogP) is 7.16. The maximum absolute atomic E-state index is 14.7. The fourth-order valence-corrected chi connectivity index (χ4v) is 7.68. The van der Waals surface area contributed by atoms with Crippen LogP contribution in [0.15, 0.2) is 42.6 Å². The number of nitrogens with one attached hydrogen (secondary N) is 1. The zero-order valence-corrected chi connectivity index (χ0v) is 27.4. The molecule has 3 heterocycles. The molecule has 2 saturated heterocycles. The number of hydrogen-bond donors (Lipinski definition) is 2. The van der Waals surface area contributed by atoms with Gasteiger partial charge in [-0.2, -0.15) is 39.5 Å². The molecule has 2 aromatic carbocycles. The van der Waals surface area contributed by atoms with E-state index >= 15 is 0 Å². The molecule has 2 aliphatic rings. The first-order valence-corrected chi connectivity index (χ1v) is 16.2. The summed E-state index contributed by atoms with van der Waals surface area (Å²) >= 11 is 0. The SMILES string of the molecule is CC(=O)C(C(=O)N(C)Cc1cc(C(F)(F)F)c(C(F)(F)F)c(C(F)(F)F)c1)(C(N)c1c[nH]c2ccccc12)N1CCC(N2CCCCC2)CC1. The molecule has 5 rings (SSSR count). The fraction of sp³-hybridized carbons (Fsp3) is 0.529. The van der Waals surface area contributed by atoms with Gasteiger partial charge in [0.25, 0.3) is 5.91 Å². The lowest BCUT2D eigenvalue weighted by Gasteiger charge is -2.50. The molecule has 1 aromatic heterocycles. The van der Waals surface area contributed by atoms with Crippen molar-refractivity contribution in [2.24, 2.45) is 5.73 Å². The Bertz CT molecular complexity index is 1670. The summed E-state index contributed by atoms with van der Waals surface area (Å²) in [6, 6.07) is 5.68. The molecule has 7 nitrogen and oxygen atoms in total. The van der Waals surface area contributed by atoms with Crippen LogP contribution >= 0.6 is 0 Å². The van der Waals surface area contributed by atoms with E-state index < -0.39 is 70.6 Å². The summed E-state index contributed by atoms with van der Waals surface area (Å²) in [5.74, 6) is -1.72. The summed E-state index contributed by atoms with van der Waals surface area (Å²) < 4.78 is 124. The Morgan fingerprint density at radius 1 is 0.880 bits per heavy atom. The van der Waals surface area contributed by atoms with E-state index in [0.717, 1.165) is 51.2 Å². The second-order valence-corrected chi connectivity index (χ2v) is 13.1. The number of aromatic amines is 1. The number of piperidine rings is 2. The van der Waals surface area contributed by atoms with Crippen LogP contribution in [0.1, 0.15) is 72.9 Å². The van der Waals surface area contributed by atoms with E-state index in [1.165, 1.54) is 0 Å². The summed E-state index contributed by atoms with van der Waals surface area (Å²) in [4.78, 5) is 36.4. The lowest BCUT2D eigenvalue weighted by atomic mass is 9.77. The molecule has 2 fully saturated rings. The number of rotatable bonds is 8. The van der Waals surface area contributed by atoms with Crippen LogP contribution in [0.5, 0.6) is 0 Å². The van der Waals surface area contributed by atoms with Gasteiger partial charge in [-0.1, -0.05) is 24.6 Å². The van der Waals surface area contributed by atoms with E-state index in [-0.39, 0.29) is 31.3 Å². The number of nitrogens with zero attached hydrogens (tertiary/aromatic N) is 3. The Morgan fingerprint density at radius 2 is 1.44 bits per heavy atom. The van der Waals surface area contributed by atoms with Crippen molar-refractivity contribution in [3.63, 3.8) is 0 Å². The molecule has 50 heavy (non-hydrogen) atoms. The molecule has 3 aromatic rings. The van der Waals surface area contributed by atoms with Crippen LogP contribution in [0.3, 0.4) is 0 Å². The van der Waals surface area contributed by atoms with Gasteiger partial charge in [0.1, 0.15) is 0 Å². The average Bonchev–Trinajstić information content (AvgIpc) is 3.48.